The van der Waals surface area contributed by atoms with Crippen LogP contribution in [0.3, 0.4) is 0 Å². The Bertz CT molecular complexity index is 455. The highest BCUT2D eigenvalue weighted by atomic mass is 19.1. The number of nitrogens with two attached hydrogens (primary N) is 1. The Morgan fingerprint density at radius 1 is 1.11 bits per heavy atom. The van der Waals surface area contributed by atoms with Gasteiger partial charge in [-0.15, -0.1) is 0 Å². The Morgan fingerprint density at radius 2 is 1.78 bits per heavy atom. The van der Waals surface area contributed by atoms with E-state index in [2.05, 4.69) is 0 Å². The molecule has 2 N–H and O–H groups in total. The fraction of sp³-hybridized carbons (Fsp3) is 0.571. The molecule has 1 aliphatic heterocycles. The maximum absolute atomic E-state index is 13.7. The number of fused-ring (bicyclic) bond motifs is 1. The van der Waals surface area contributed by atoms with Gasteiger partial charge in [0.05, 0.1) is 0 Å². The number of benzene rings is 1. The molecule has 98 valence electrons. The van der Waals surface area contributed by atoms with Crippen LogP contribution in [0.15, 0.2) is 12.1 Å². The normalized spacial score (nSPS) is 21.0. The van der Waals surface area contributed by atoms with Crippen LogP contribution in [0, 0.1) is 5.82 Å². The summed E-state index contributed by atoms with van der Waals surface area (Å²) in [5.74, 6) is 0.491. The van der Waals surface area contributed by atoms with E-state index in [1.165, 1.54) is 18.9 Å². The van der Waals surface area contributed by atoms with Crippen molar-refractivity contribution in [1.82, 2.24) is 0 Å². The second-order valence-corrected chi connectivity index (χ2v) is 5.14. The van der Waals surface area contributed by atoms with Gasteiger partial charge in [0.15, 0.2) is 17.3 Å². The second-order valence-electron chi connectivity index (χ2n) is 5.14. The zero-order chi connectivity index (χ0) is 12.6. The lowest BCUT2D eigenvalue weighted by atomic mass is 9.78. The molecule has 0 spiro atoms. The van der Waals surface area contributed by atoms with Crippen LogP contribution in [0.2, 0.25) is 0 Å². The quantitative estimate of drug-likeness (QED) is 0.877. The summed E-state index contributed by atoms with van der Waals surface area (Å²) < 4.78 is 24.8. The topological polar surface area (TPSA) is 44.5 Å². The minimum atomic E-state index is -0.349. The van der Waals surface area contributed by atoms with Gasteiger partial charge in [0.1, 0.15) is 13.2 Å². The molecule has 1 fully saturated rings. The highest BCUT2D eigenvalue weighted by Crippen LogP contribution is 2.48. The molecular formula is C14H18FNO2. The molecule has 0 atom stereocenters. The van der Waals surface area contributed by atoms with Gasteiger partial charge < -0.3 is 15.2 Å². The monoisotopic (exact) mass is 251 g/mol. The van der Waals surface area contributed by atoms with E-state index >= 15 is 0 Å². The average molecular weight is 251 g/mol. The van der Waals surface area contributed by atoms with Gasteiger partial charge in [-0.3, -0.25) is 0 Å². The first kappa shape index (κ1) is 11.8. The van der Waals surface area contributed by atoms with Crippen LogP contribution in [-0.4, -0.2) is 19.8 Å². The zero-order valence-corrected chi connectivity index (χ0v) is 10.4. The number of ether oxygens (including phenoxy) is 2. The van der Waals surface area contributed by atoms with Crippen molar-refractivity contribution in [3.63, 3.8) is 0 Å². The van der Waals surface area contributed by atoms with Crippen molar-refractivity contribution in [2.45, 2.75) is 31.1 Å². The van der Waals surface area contributed by atoms with E-state index in [0.717, 1.165) is 18.4 Å². The van der Waals surface area contributed by atoms with E-state index in [1.54, 1.807) is 0 Å². The van der Waals surface area contributed by atoms with Crippen LogP contribution in [0.25, 0.3) is 0 Å². The fourth-order valence-corrected chi connectivity index (χ4v) is 3.16. The Labute approximate surface area is 106 Å². The van der Waals surface area contributed by atoms with Crippen molar-refractivity contribution in [3.05, 3.63) is 23.5 Å². The number of halogens is 1. The van der Waals surface area contributed by atoms with Crippen LogP contribution in [0.4, 0.5) is 4.39 Å². The summed E-state index contributed by atoms with van der Waals surface area (Å²) in [5, 5.41) is 0. The van der Waals surface area contributed by atoms with Gasteiger partial charge in [-0.25, -0.2) is 4.39 Å². The molecule has 0 saturated heterocycles. The summed E-state index contributed by atoms with van der Waals surface area (Å²) in [6.07, 6.45) is 4.43. The van der Waals surface area contributed by atoms with Crippen LogP contribution < -0.4 is 15.2 Å². The highest BCUT2D eigenvalue weighted by molar-refractivity contribution is 5.52. The van der Waals surface area contributed by atoms with Crippen LogP contribution in [-0.2, 0) is 5.41 Å². The van der Waals surface area contributed by atoms with E-state index in [1.807, 2.05) is 6.07 Å². The molecule has 1 heterocycles. The Balaban J connectivity index is 2.11. The molecule has 1 aliphatic carbocycles. The SMILES string of the molecule is NCC1(c2ccc(F)c3c2OCCO3)CCCC1. The lowest BCUT2D eigenvalue weighted by molar-refractivity contribution is 0.159. The number of hydrogen-bond acceptors (Lipinski definition) is 3. The molecule has 1 aromatic carbocycles. The molecule has 0 radical (unpaired) electrons. The van der Waals surface area contributed by atoms with Gasteiger partial charge in [0.2, 0.25) is 0 Å². The molecule has 3 nitrogen and oxygen atoms in total. The summed E-state index contributed by atoms with van der Waals surface area (Å²) in [7, 11) is 0. The second kappa shape index (κ2) is 4.43. The van der Waals surface area contributed by atoms with Crippen molar-refractivity contribution in [2.75, 3.05) is 19.8 Å². The summed E-state index contributed by atoms with van der Waals surface area (Å²) in [6.45, 7) is 1.46. The van der Waals surface area contributed by atoms with E-state index in [9.17, 15) is 4.39 Å². The molecule has 0 aromatic heterocycles. The molecule has 3 rings (SSSR count). The van der Waals surface area contributed by atoms with E-state index in [-0.39, 0.29) is 17.0 Å². The van der Waals surface area contributed by atoms with Crippen molar-refractivity contribution >= 4 is 0 Å². The van der Waals surface area contributed by atoms with E-state index in [4.69, 9.17) is 15.2 Å². The molecule has 1 saturated carbocycles. The fourth-order valence-electron chi connectivity index (χ4n) is 3.16. The lowest BCUT2D eigenvalue weighted by Crippen LogP contribution is -2.33. The molecule has 4 heteroatoms. The summed E-state index contributed by atoms with van der Waals surface area (Å²) in [6, 6.07) is 3.29. The average Bonchev–Trinajstić information content (AvgIpc) is 2.89. The first-order valence-corrected chi connectivity index (χ1v) is 6.55. The van der Waals surface area contributed by atoms with Gasteiger partial charge in [-0.1, -0.05) is 18.9 Å². The first-order valence-electron chi connectivity index (χ1n) is 6.55. The molecule has 18 heavy (non-hydrogen) atoms. The van der Waals surface area contributed by atoms with E-state index in [0.29, 0.717) is 25.5 Å². The third-order valence-electron chi connectivity index (χ3n) is 4.16. The van der Waals surface area contributed by atoms with Crippen molar-refractivity contribution in [2.24, 2.45) is 5.73 Å². The maximum atomic E-state index is 13.7. The highest BCUT2D eigenvalue weighted by Gasteiger charge is 2.38. The van der Waals surface area contributed by atoms with Gasteiger partial charge in [0.25, 0.3) is 0 Å². The maximum Gasteiger partial charge on any atom is 0.197 e. The number of hydrogen-bond donors (Lipinski definition) is 1. The summed E-state index contributed by atoms with van der Waals surface area (Å²) in [5.41, 5.74) is 6.95. The number of rotatable bonds is 2. The van der Waals surface area contributed by atoms with Crippen LogP contribution in [0.5, 0.6) is 11.5 Å². The third-order valence-corrected chi connectivity index (χ3v) is 4.16. The van der Waals surface area contributed by atoms with Crippen LogP contribution >= 0.6 is 0 Å². The third kappa shape index (κ3) is 1.67. The predicted octanol–water partition coefficient (Wildman–Crippen LogP) is 2.37. The minimum absolute atomic E-state index is 0.0571. The molecule has 1 aromatic rings. The smallest absolute Gasteiger partial charge is 0.197 e. The van der Waals surface area contributed by atoms with Crippen molar-refractivity contribution in [1.29, 1.82) is 0 Å². The molecule has 0 unspecified atom stereocenters. The molecule has 0 amide bonds. The van der Waals surface area contributed by atoms with Gasteiger partial charge >= 0.3 is 0 Å². The Morgan fingerprint density at radius 3 is 2.44 bits per heavy atom. The van der Waals surface area contributed by atoms with Crippen molar-refractivity contribution < 1.29 is 13.9 Å². The van der Waals surface area contributed by atoms with Gasteiger partial charge in [-0.2, -0.15) is 0 Å². The molecule has 0 bridgehead atoms. The van der Waals surface area contributed by atoms with Crippen molar-refractivity contribution in [3.8, 4) is 11.5 Å². The zero-order valence-electron chi connectivity index (χ0n) is 10.4. The lowest BCUT2D eigenvalue weighted by Gasteiger charge is -2.32. The summed E-state index contributed by atoms with van der Waals surface area (Å²) in [4.78, 5) is 0. The molecule has 2 aliphatic rings. The van der Waals surface area contributed by atoms with E-state index < -0.39 is 0 Å². The molecular weight excluding hydrogens is 233 g/mol. The minimum Gasteiger partial charge on any atom is -0.486 e. The first-order chi connectivity index (χ1) is 8.77. The van der Waals surface area contributed by atoms with Crippen LogP contribution in [0.1, 0.15) is 31.2 Å². The standard InChI is InChI=1S/C14H18FNO2/c15-11-4-3-10(12-13(11)18-8-7-17-12)14(9-16)5-1-2-6-14/h3-4H,1-2,5-9,16H2. The largest absolute Gasteiger partial charge is 0.486 e. The Hall–Kier alpha value is -1.29. The van der Waals surface area contributed by atoms with Gasteiger partial charge in [0, 0.05) is 17.5 Å². The van der Waals surface area contributed by atoms with Gasteiger partial charge in [-0.05, 0) is 18.9 Å². The Kier molecular flexibility index (Phi) is 2.90. The summed E-state index contributed by atoms with van der Waals surface area (Å²) >= 11 is 0. The predicted molar refractivity (Wildman–Crippen MR) is 66.6 cm³/mol.